The van der Waals surface area contributed by atoms with E-state index in [1.807, 2.05) is 0 Å². The second-order valence-electron chi connectivity index (χ2n) is 6.52. The van der Waals surface area contributed by atoms with Gasteiger partial charge in [0.25, 0.3) is 0 Å². The van der Waals surface area contributed by atoms with Crippen molar-refractivity contribution in [3.05, 3.63) is 75.2 Å². The second-order valence-corrected chi connectivity index (χ2v) is 6.93. The zero-order valence-electron chi connectivity index (χ0n) is 15.4. The van der Waals surface area contributed by atoms with Crippen LogP contribution >= 0.6 is 11.6 Å². The summed E-state index contributed by atoms with van der Waals surface area (Å²) in [6.07, 6.45) is -4.46. The van der Waals surface area contributed by atoms with Crippen molar-refractivity contribution in [2.75, 3.05) is 11.9 Å². The summed E-state index contributed by atoms with van der Waals surface area (Å²) >= 11 is 6.21. The maximum atomic E-state index is 12.8. The zero-order valence-corrected chi connectivity index (χ0v) is 16.1. The Morgan fingerprint density at radius 2 is 2.00 bits per heavy atom. The van der Waals surface area contributed by atoms with Gasteiger partial charge >= 0.3 is 11.9 Å². The number of anilines is 1. The van der Waals surface area contributed by atoms with Crippen LogP contribution in [-0.4, -0.2) is 16.1 Å². The molecule has 1 aromatic heterocycles. The molecule has 0 unspecified atom stereocenters. The van der Waals surface area contributed by atoms with Crippen LogP contribution in [0.15, 0.2) is 53.3 Å². The highest BCUT2D eigenvalue weighted by molar-refractivity contribution is 6.32. The van der Waals surface area contributed by atoms with Gasteiger partial charge in [-0.25, -0.2) is 4.79 Å². The summed E-state index contributed by atoms with van der Waals surface area (Å²) in [6, 6.07) is 10.9. The number of aromatic nitrogens is 2. The maximum Gasteiger partial charge on any atom is 0.416 e. The summed E-state index contributed by atoms with van der Waals surface area (Å²) in [5.41, 5.74) is -0.532. The van der Waals surface area contributed by atoms with Crippen LogP contribution in [-0.2, 0) is 19.3 Å². The fourth-order valence-electron chi connectivity index (χ4n) is 2.95. The lowest BCUT2D eigenvalue weighted by Crippen LogP contribution is -2.21. The molecule has 4 rings (SSSR count). The van der Waals surface area contributed by atoms with Crippen LogP contribution < -0.4 is 20.5 Å². The summed E-state index contributed by atoms with van der Waals surface area (Å²) in [6.45, 7) is 1.31. The van der Waals surface area contributed by atoms with Gasteiger partial charge in [-0.3, -0.25) is 4.57 Å². The highest BCUT2D eigenvalue weighted by Gasteiger charge is 2.30. The fraction of sp³-hybridized carbons (Fsp3) is 0.200. The molecule has 2 aromatic carbocycles. The predicted molar refractivity (Wildman–Crippen MR) is 104 cm³/mol. The molecule has 0 aliphatic carbocycles. The van der Waals surface area contributed by atoms with Gasteiger partial charge in [0.1, 0.15) is 23.9 Å². The maximum absolute atomic E-state index is 12.8. The molecule has 0 saturated carbocycles. The third-order valence-electron chi connectivity index (χ3n) is 4.40. The summed E-state index contributed by atoms with van der Waals surface area (Å²) in [5.74, 6) is 1.05. The van der Waals surface area contributed by atoms with Gasteiger partial charge in [0, 0.05) is 19.2 Å². The van der Waals surface area contributed by atoms with Crippen molar-refractivity contribution < 1.29 is 22.6 Å². The van der Waals surface area contributed by atoms with Gasteiger partial charge in [0.05, 0.1) is 10.6 Å². The Labute approximate surface area is 173 Å². The number of halogens is 4. The first kappa shape index (κ1) is 20.1. The number of rotatable bonds is 5. The third kappa shape index (κ3) is 4.35. The topological polar surface area (TPSA) is 65.4 Å². The normalized spacial score (nSPS) is 12.9. The van der Waals surface area contributed by atoms with Crippen molar-refractivity contribution in [2.45, 2.75) is 19.3 Å². The fourth-order valence-corrected chi connectivity index (χ4v) is 3.20. The standard InChI is InChI=1S/C20H15ClF3N3O3/c21-15-8-12(11-29-18-10-17-25-6-7-27(17)19(28)26-18)4-5-16(15)30-14-3-1-2-13(9-14)20(22,23)24/h1-5,8-10,25H,6-7,11H2. The summed E-state index contributed by atoms with van der Waals surface area (Å²) < 4.78 is 51.1. The highest BCUT2D eigenvalue weighted by Crippen LogP contribution is 2.35. The SMILES string of the molecule is O=c1nc(OCc2ccc(Oc3cccc(C(F)(F)F)c3)c(Cl)c2)cc2n1CCN2. The molecule has 0 spiro atoms. The zero-order chi connectivity index (χ0) is 21.3. The van der Waals surface area contributed by atoms with E-state index >= 15 is 0 Å². The summed E-state index contributed by atoms with van der Waals surface area (Å²) in [5, 5.41) is 3.27. The number of ether oxygens (including phenoxy) is 2. The molecule has 0 atom stereocenters. The minimum atomic E-state index is -4.46. The van der Waals surface area contributed by atoms with Crippen LogP contribution in [0.3, 0.4) is 0 Å². The second kappa shape index (κ2) is 7.91. The molecule has 2 heterocycles. The van der Waals surface area contributed by atoms with E-state index in [2.05, 4.69) is 10.3 Å². The Kier molecular flexibility index (Phi) is 5.29. The lowest BCUT2D eigenvalue weighted by molar-refractivity contribution is -0.137. The van der Waals surface area contributed by atoms with Crippen molar-refractivity contribution in [1.82, 2.24) is 9.55 Å². The van der Waals surface area contributed by atoms with Crippen LogP contribution in [0.25, 0.3) is 0 Å². The summed E-state index contributed by atoms with van der Waals surface area (Å²) in [4.78, 5) is 15.8. The van der Waals surface area contributed by atoms with E-state index in [1.165, 1.54) is 22.8 Å². The first-order valence-electron chi connectivity index (χ1n) is 8.92. The molecule has 156 valence electrons. The Morgan fingerprint density at radius 1 is 1.17 bits per heavy atom. The quantitative estimate of drug-likeness (QED) is 0.626. The average molecular weight is 438 g/mol. The molecular weight excluding hydrogens is 423 g/mol. The number of hydrogen-bond donors (Lipinski definition) is 1. The van der Waals surface area contributed by atoms with Crippen molar-refractivity contribution in [2.24, 2.45) is 0 Å². The lowest BCUT2D eigenvalue weighted by Gasteiger charge is -2.12. The largest absolute Gasteiger partial charge is 0.473 e. The van der Waals surface area contributed by atoms with E-state index in [4.69, 9.17) is 21.1 Å². The summed E-state index contributed by atoms with van der Waals surface area (Å²) in [7, 11) is 0. The van der Waals surface area contributed by atoms with Gasteiger partial charge in [-0.15, -0.1) is 0 Å². The van der Waals surface area contributed by atoms with E-state index in [1.54, 1.807) is 18.2 Å². The molecule has 1 aliphatic heterocycles. The van der Waals surface area contributed by atoms with Gasteiger partial charge in [-0.2, -0.15) is 18.2 Å². The van der Waals surface area contributed by atoms with E-state index in [-0.39, 0.29) is 29.0 Å². The smallest absolute Gasteiger partial charge is 0.416 e. The van der Waals surface area contributed by atoms with Crippen LogP contribution in [0.5, 0.6) is 17.4 Å². The van der Waals surface area contributed by atoms with Crippen LogP contribution in [0.2, 0.25) is 5.02 Å². The molecule has 1 N–H and O–H groups in total. The molecule has 0 saturated heterocycles. The molecule has 0 bridgehead atoms. The van der Waals surface area contributed by atoms with Gasteiger partial charge in [-0.05, 0) is 35.9 Å². The van der Waals surface area contributed by atoms with Gasteiger partial charge in [-0.1, -0.05) is 23.7 Å². The number of alkyl halides is 3. The average Bonchev–Trinajstić information content (AvgIpc) is 3.17. The monoisotopic (exact) mass is 437 g/mol. The van der Waals surface area contributed by atoms with E-state index < -0.39 is 17.4 Å². The molecule has 0 fully saturated rings. The van der Waals surface area contributed by atoms with Crippen molar-refractivity contribution in [3.8, 4) is 17.4 Å². The van der Waals surface area contributed by atoms with Crippen LogP contribution in [0.1, 0.15) is 11.1 Å². The molecular formula is C20H15ClF3N3O3. The van der Waals surface area contributed by atoms with Crippen LogP contribution in [0.4, 0.5) is 19.0 Å². The molecule has 6 nitrogen and oxygen atoms in total. The molecule has 0 radical (unpaired) electrons. The predicted octanol–water partition coefficient (Wildman–Crippen LogP) is 4.71. The Balaban J connectivity index is 1.45. The van der Waals surface area contributed by atoms with Crippen molar-refractivity contribution >= 4 is 17.4 Å². The van der Waals surface area contributed by atoms with Gasteiger partial charge < -0.3 is 14.8 Å². The number of nitrogens with one attached hydrogen (secondary N) is 1. The molecule has 1 aliphatic rings. The number of hydrogen-bond acceptors (Lipinski definition) is 5. The molecule has 3 aromatic rings. The van der Waals surface area contributed by atoms with Crippen molar-refractivity contribution in [1.29, 1.82) is 0 Å². The number of fused-ring (bicyclic) bond motifs is 1. The minimum absolute atomic E-state index is 0.0195. The molecule has 30 heavy (non-hydrogen) atoms. The number of nitrogens with zero attached hydrogens (tertiary/aromatic N) is 2. The Morgan fingerprint density at radius 3 is 2.77 bits per heavy atom. The minimum Gasteiger partial charge on any atom is -0.473 e. The van der Waals surface area contributed by atoms with E-state index in [9.17, 15) is 18.0 Å². The first-order chi connectivity index (χ1) is 14.3. The first-order valence-corrected chi connectivity index (χ1v) is 9.29. The lowest BCUT2D eigenvalue weighted by atomic mass is 10.2. The van der Waals surface area contributed by atoms with Crippen molar-refractivity contribution in [3.63, 3.8) is 0 Å². The highest BCUT2D eigenvalue weighted by atomic mass is 35.5. The number of benzene rings is 2. The Hall–Kier alpha value is -3.20. The van der Waals surface area contributed by atoms with E-state index in [0.29, 0.717) is 24.5 Å². The van der Waals surface area contributed by atoms with E-state index in [0.717, 1.165) is 12.1 Å². The van der Waals surface area contributed by atoms with Gasteiger partial charge in [0.15, 0.2) is 0 Å². The molecule has 0 amide bonds. The van der Waals surface area contributed by atoms with Gasteiger partial charge in [0.2, 0.25) is 5.88 Å². The third-order valence-corrected chi connectivity index (χ3v) is 4.70. The van der Waals surface area contributed by atoms with Crippen LogP contribution in [0, 0.1) is 0 Å². The Bertz CT molecular complexity index is 1150. The molecule has 10 heteroatoms.